The minimum Gasteiger partial charge on any atom is -0.496 e. The van der Waals surface area contributed by atoms with E-state index < -0.39 is 17.8 Å². The predicted octanol–water partition coefficient (Wildman–Crippen LogP) is 3.28. The van der Waals surface area contributed by atoms with Crippen LogP contribution in [0, 0.1) is 0 Å². The predicted molar refractivity (Wildman–Crippen MR) is 90.7 cm³/mol. The average Bonchev–Trinajstić information content (AvgIpc) is 3.21. The van der Waals surface area contributed by atoms with Gasteiger partial charge in [-0.3, -0.25) is 9.59 Å². The summed E-state index contributed by atoms with van der Waals surface area (Å²) in [6.45, 7) is 0. The van der Waals surface area contributed by atoms with Crippen LogP contribution in [0.15, 0.2) is 47.8 Å². The molecule has 0 saturated heterocycles. The molecular formula is C18H11NO5S. The maximum Gasteiger partial charge on any atom is 0.365 e. The lowest BCUT2D eigenvalue weighted by molar-refractivity contribution is -0.0583. The first-order valence-electron chi connectivity index (χ1n) is 7.36. The van der Waals surface area contributed by atoms with Gasteiger partial charge >= 0.3 is 5.97 Å². The van der Waals surface area contributed by atoms with Crippen LogP contribution in [0.1, 0.15) is 31.1 Å². The zero-order valence-corrected chi connectivity index (χ0v) is 13.8. The zero-order valence-electron chi connectivity index (χ0n) is 13.0. The minimum absolute atomic E-state index is 0.219. The summed E-state index contributed by atoms with van der Waals surface area (Å²) in [4.78, 5) is 42.3. The Bertz CT molecular complexity index is 1000. The Balaban J connectivity index is 1.67. The molecule has 0 radical (unpaired) electrons. The number of rotatable bonds is 3. The van der Waals surface area contributed by atoms with E-state index in [1.165, 1.54) is 23.5 Å². The monoisotopic (exact) mass is 353 g/mol. The number of imide groups is 1. The van der Waals surface area contributed by atoms with Gasteiger partial charge < -0.3 is 9.57 Å². The van der Waals surface area contributed by atoms with Gasteiger partial charge in [-0.05, 0) is 35.7 Å². The Morgan fingerprint density at radius 3 is 2.32 bits per heavy atom. The normalized spacial score (nSPS) is 13.2. The highest BCUT2D eigenvalue weighted by Gasteiger charge is 2.39. The van der Waals surface area contributed by atoms with E-state index in [4.69, 9.17) is 9.57 Å². The number of methoxy groups -OCH3 is 1. The summed E-state index contributed by atoms with van der Waals surface area (Å²) < 4.78 is 5.93. The number of amides is 2. The average molecular weight is 353 g/mol. The van der Waals surface area contributed by atoms with Crippen LogP contribution in [0.5, 0.6) is 5.75 Å². The van der Waals surface area contributed by atoms with Crippen molar-refractivity contribution in [2.45, 2.75) is 0 Å². The van der Waals surface area contributed by atoms with E-state index in [0.29, 0.717) is 15.5 Å². The van der Waals surface area contributed by atoms with Gasteiger partial charge in [0, 0.05) is 5.39 Å². The molecule has 2 aromatic carbocycles. The minimum atomic E-state index is -0.774. The SMILES string of the molecule is COc1ccc(C(=O)ON2C(=O)c3ccccc3C2=O)c2sccc12. The molecule has 4 rings (SSSR count). The molecule has 0 unspecified atom stereocenters. The molecule has 1 aliphatic rings. The first kappa shape index (κ1) is 15.3. The molecule has 0 bridgehead atoms. The Morgan fingerprint density at radius 2 is 1.68 bits per heavy atom. The number of benzene rings is 2. The number of ether oxygens (including phenoxy) is 1. The van der Waals surface area contributed by atoms with E-state index in [1.54, 1.807) is 31.4 Å². The van der Waals surface area contributed by atoms with Crippen molar-refractivity contribution in [2.24, 2.45) is 0 Å². The standard InChI is InChI=1S/C18H11NO5S/c1-23-14-7-6-13(15-12(14)8-9-25-15)18(22)24-19-16(20)10-4-2-3-5-11(10)17(19)21/h2-9H,1H3. The number of hydroxylamine groups is 2. The van der Waals surface area contributed by atoms with Gasteiger partial charge in [-0.15, -0.1) is 11.3 Å². The third kappa shape index (κ3) is 2.28. The second-order valence-corrected chi connectivity index (χ2v) is 6.22. The van der Waals surface area contributed by atoms with Crippen molar-refractivity contribution < 1.29 is 24.0 Å². The molecule has 25 heavy (non-hydrogen) atoms. The number of nitrogens with zero attached hydrogens (tertiary/aromatic N) is 1. The Morgan fingerprint density at radius 1 is 1.00 bits per heavy atom. The van der Waals surface area contributed by atoms with Crippen molar-refractivity contribution in [1.29, 1.82) is 0 Å². The molecule has 6 nitrogen and oxygen atoms in total. The zero-order chi connectivity index (χ0) is 17.6. The Hall–Kier alpha value is -3.19. The van der Waals surface area contributed by atoms with E-state index in [-0.39, 0.29) is 16.7 Å². The van der Waals surface area contributed by atoms with Gasteiger partial charge in [0.2, 0.25) is 0 Å². The molecule has 0 atom stereocenters. The summed E-state index contributed by atoms with van der Waals surface area (Å²) in [6, 6.07) is 11.4. The molecule has 3 aromatic rings. The van der Waals surface area contributed by atoms with Crippen molar-refractivity contribution in [3.05, 3.63) is 64.5 Å². The van der Waals surface area contributed by atoms with Crippen LogP contribution < -0.4 is 4.74 Å². The largest absolute Gasteiger partial charge is 0.496 e. The second-order valence-electron chi connectivity index (χ2n) is 5.31. The van der Waals surface area contributed by atoms with Crippen molar-refractivity contribution in [3.63, 3.8) is 0 Å². The summed E-state index contributed by atoms with van der Waals surface area (Å²) >= 11 is 1.35. The molecule has 7 heteroatoms. The summed E-state index contributed by atoms with van der Waals surface area (Å²) in [5.41, 5.74) is 0.704. The fourth-order valence-electron chi connectivity index (χ4n) is 2.76. The van der Waals surface area contributed by atoms with Crippen LogP contribution in [0.4, 0.5) is 0 Å². The molecule has 0 aliphatic carbocycles. The number of fused-ring (bicyclic) bond motifs is 2. The maximum atomic E-state index is 12.6. The third-order valence-corrected chi connectivity index (χ3v) is 4.90. The fraction of sp³-hybridized carbons (Fsp3) is 0.0556. The van der Waals surface area contributed by atoms with Crippen LogP contribution in [0.25, 0.3) is 10.1 Å². The number of hydrogen-bond acceptors (Lipinski definition) is 6. The lowest BCUT2D eigenvalue weighted by Gasteiger charge is -2.13. The lowest BCUT2D eigenvalue weighted by Crippen LogP contribution is -2.32. The summed E-state index contributed by atoms with van der Waals surface area (Å²) in [6.07, 6.45) is 0. The molecule has 0 fully saturated rings. The van der Waals surface area contributed by atoms with Gasteiger partial charge in [-0.1, -0.05) is 17.2 Å². The van der Waals surface area contributed by atoms with Gasteiger partial charge in [0.05, 0.1) is 28.5 Å². The highest BCUT2D eigenvalue weighted by atomic mass is 32.1. The van der Waals surface area contributed by atoms with Crippen LogP contribution in [0.3, 0.4) is 0 Å². The van der Waals surface area contributed by atoms with Gasteiger partial charge in [-0.25, -0.2) is 4.79 Å². The molecule has 1 aliphatic heterocycles. The topological polar surface area (TPSA) is 72.9 Å². The summed E-state index contributed by atoms with van der Waals surface area (Å²) in [7, 11) is 1.54. The Kier molecular flexibility index (Phi) is 3.51. The summed E-state index contributed by atoms with van der Waals surface area (Å²) in [5, 5.41) is 3.10. The van der Waals surface area contributed by atoms with Crippen molar-refractivity contribution in [2.75, 3.05) is 7.11 Å². The van der Waals surface area contributed by atoms with E-state index in [9.17, 15) is 14.4 Å². The van der Waals surface area contributed by atoms with Gasteiger partial charge in [-0.2, -0.15) is 0 Å². The summed E-state index contributed by atoms with van der Waals surface area (Å²) in [5.74, 6) is -1.44. The smallest absolute Gasteiger partial charge is 0.365 e. The van der Waals surface area contributed by atoms with Gasteiger partial charge in [0.15, 0.2) is 0 Å². The first-order chi connectivity index (χ1) is 12.1. The second kappa shape index (κ2) is 5.71. The van der Waals surface area contributed by atoms with E-state index >= 15 is 0 Å². The van der Waals surface area contributed by atoms with Crippen molar-refractivity contribution in [3.8, 4) is 5.75 Å². The van der Waals surface area contributed by atoms with Crippen LogP contribution in [-0.4, -0.2) is 30.0 Å². The van der Waals surface area contributed by atoms with Crippen LogP contribution >= 0.6 is 11.3 Å². The third-order valence-electron chi connectivity index (χ3n) is 3.95. The van der Waals surface area contributed by atoms with Gasteiger partial charge in [0.25, 0.3) is 11.8 Å². The van der Waals surface area contributed by atoms with Crippen LogP contribution in [0.2, 0.25) is 0 Å². The Labute approximate surface area is 146 Å². The molecule has 124 valence electrons. The van der Waals surface area contributed by atoms with Crippen LogP contribution in [-0.2, 0) is 4.84 Å². The highest BCUT2D eigenvalue weighted by Crippen LogP contribution is 2.33. The van der Waals surface area contributed by atoms with Gasteiger partial charge in [0.1, 0.15) is 5.75 Å². The molecule has 1 aromatic heterocycles. The van der Waals surface area contributed by atoms with E-state index in [2.05, 4.69) is 0 Å². The maximum absolute atomic E-state index is 12.6. The highest BCUT2D eigenvalue weighted by molar-refractivity contribution is 7.17. The molecule has 2 heterocycles. The number of hydrogen-bond donors (Lipinski definition) is 0. The first-order valence-corrected chi connectivity index (χ1v) is 8.24. The molecular weight excluding hydrogens is 342 g/mol. The molecule has 0 spiro atoms. The number of carbonyl (C=O) groups excluding carboxylic acids is 3. The molecule has 0 saturated carbocycles. The van der Waals surface area contributed by atoms with Crippen molar-refractivity contribution in [1.82, 2.24) is 5.06 Å². The van der Waals surface area contributed by atoms with Crippen molar-refractivity contribution >= 4 is 39.2 Å². The number of carbonyl (C=O) groups is 3. The quantitative estimate of drug-likeness (QED) is 0.676. The fourth-order valence-corrected chi connectivity index (χ4v) is 3.67. The van der Waals surface area contributed by atoms with E-state index in [1.807, 2.05) is 11.4 Å². The molecule has 2 amide bonds. The van der Waals surface area contributed by atoms with E-state index in [0.717, 1.165) is 5.39 Å². The lowest BCUT2D eigenvalue weighted by atomic mass is 10.1. The number of thiophene rings is 1. The molecule has 0 N–H and O–H groups in total.